The number of aromatic nitrogens is 3. The van der Waals surface area contributed by atoms with Gasteiger partial charge in [-0.1, -0.05) is 29.8 Å². The summed E-state index contributed by atoms with van der Waals surface area (Å²) >= 11 is 5.94. The predicted molar refractivity (Wildman–Crippen MR) is 136 cm³/mol. The van der Waals surface area contributed by atoms with Crippen molar-refractivity contribution in [3.63, 3.8) is 0 Å². The van der Waals surface area contributed by atoms with Crippen molar-refractivity contribution >= 4 is 40.3 Å². The molecular formula is C26H17ClF5N5O4. The molecule has 3 aromatic heterocycles. The molecule has 0 aliphatic carbocycles. The first-order valence-corrected chi connectivity index (χ1v) is 12.2. The van der Waals surface area contributed by atoms with Crippen molar-refractivity contribution in [1.82, 2.24) is 19.9 Å². The van der Waals surface area contributed by atoms with Gasteiger partial charge in [0.25, 0.3) is 5.91 Å². The van der Waals surface area contributed by atoms with Crippen LogP contribution in [0.25, 0.3) is 16.9 Å². The maximum absolute atomic E-state index is 14.9. The van der Waals surface area contributed by atoms with Crippen molar-refractivity contribution in [2.45, 2.75) is 24.7 Å². The van der Waals surface area contributed by atoms with Crippen LogP contribution in [0.3, 0.4) is 0 Å². The number of β-amino-alcohol motifs (C(OH)–C–C–N with tert-alkyl or cyclic N) is 1. The van der Waals surface area contributed by atoms with Gasteiger partial charge in [0.2, 0.25) is 11.3 Å². The molecule has 212 valence electrons. The molecule has 2 N–H and O–H groups in total. The third-order valence-corrected chi connectivity index (χ3v) is 6.64. The Morgan fingerprint density at radius 1 is 1.15 bits per heavy atom. The molecular weight excluding hydrogens is 577 g/mol. The van der Waals surface area contributed by atoms with Gasteiger partial charge in [0, 0.05) is 22.8 Å². The second-order valence-corrected chi connectivity index (χ2v) is 9.48. The molecule has 2 atom stereocenters. The van der Waals surface area contributed by atoms with Crippen molar-refractivity contribution in [2.24, 2.45) is 0 Å². The minimum Gasteiger partial charge on any atom is -0.391 e. The summed E-state index contributed by atoms with van der Waals surface area (Å²) in [6, 6.07) is 5.15. The van der Waals surface area contributed by atoms with Crippen LogP contribution in [0.1, 0.15) is 28.4 Å². The van der Waals surface area contributed by atoms with Crippen LogP contribution < -0.4 is 15.6 Å². The fraction of sp³-hybridized carbons (Fsp3) is 0.192. The Morgan fingerprint density at radius 2 is 1.88 bits per heavy atom. The van der Waals surface area contributed by atoms with Gasteiger partial charge < -0.3 is 10.4 Å². The smallest absolute Gasteiger partial charge is 0.391 e. The molecule has 0 spiro atoms. The summed E-state index contributed by atoms with van der Waals surface area (Å²) in [4.78, 5) is 47.8. The van der Waals surface area contributed by atoms with E-state index in [1.54, 1.807) is 5.32 Å². The molecule has 15 heteroatoms. The van der Waals surface area contributed by atoms with Crippen LogP contribution >= 0.6 is 11.6 Å². The van der Waals surface area contributed by atoms with E-state index in [0.29, 0.717) is 12.3 Å². The standard InChI is InChI=1S/C26H17ClF5N5O4/c27-17-4-2-1-3-14(17)22(26(30,31)32)35-25(41)16-11-37(24-18(29)7-12(28)9-33-24)23-15(21(16)40)5-6-19(34-23)36-10-13(38)8-20(36)39/h1-7,9,11,13,22,38H,8,10H2,(H,35,41)/t13-,22?/m0/s1. The van der Waals surface area contributed by atoms with Crippen LogP contribution in [-0.2, 0) is 4.79 Å². The van der Waals surface area contributed by atoms with E-state index in [0.717, 1.165) is 27.8 Å². The predicted octanol–water partition coefficient (Wildman–Crippen LogP) is 3.84. The molecule has 0 bridgehead atoms. The van der Waals surface area contributed by atoms with Crippen molar-refractivity contribution < 1.29 is 36.6 Å². The number of hydrogen-bond acceptors (Lipinski definition) is 6. The fourth-order valence-corrected chi connectivity index (χ4v) is 4.66. The number of aliphatic hydroxyl groups is 1. The average molecular weight is 594 g/mol. The first-order valence-electron chi connectivity index (χ1n) is 11.8. The molecule has 5 rings (SSSR count). The summed E-state index contributed by atoms with van der Waals surface area (Å²) in [7, 11) is 0. The van der Waals surface area contributed by atoms with E-state index in [2.05, 4.69) is 9.97 Å². The van der Waals surface area contributed by atoms with Crippen LogP contribution in [0, 0.1) is 11.6 Å². The third kappa shape index (κ3) is 5.35. The molecule has 1 fully saturated rings. The van der Waals surface area contributed by atoms with E-state index in [1.807, 2.05) is 0 Å². The van der Waals surface area contributed by atoms with Crippen molar-refractivity contribution in [3.8, 4) is 5.82 Å². The van der Waals surface area contributed by atoms with Gasteiger partial charge >= 0.3 is 6.18 Å². The van der Waals surface area contributed by atoms with Gasteiger partial charge in [-0.2, -0.15) is 13.2 Å². The molecule has 1 unspecified atom stereocenters. The maximum atomic E-state index is 14.9. The van der Waals surface area contributed by atoms with Gasteiger partial charge in [-0.15, -0.1) is 0 Å². The van der Waals surface area contributed by atoms with Gasteiger partial charge in [0.15, 0.2) is 23.3 Å². The van der Waals surface area contributed by atoms with Crippen LogP contribution in [0.5, 0.6) is 0 Å². The highest BCUT2D eigenvalue weighted by molar-refractivity contribution is 6.31. The highest BCUT2D eigenvalue weighted by atomic mass is 35.5. The number of halogens is 6. The number of rotatable bonds is 5. The summed E-state index contributed by atoms with van der Waals surface area (Å²) in [6.07, 6.45) is -4.83. The topological polar surface area (TPSA) is 117 Å². The Labute approximate surface area is 231 Å². The highest BCUT2D eigenvalue weighted by Gasteiger charge is 2.43. The van der Waals surface area contributed by atoms with Crippen LogP contribution in [-0.4, -0.2) is 50.3 Å². The molecule has 1 aliphatic heterocycles. The molecule has 9 nitrogen and oxygen atoms in total. The van der Waals surface area contributed by atoms with Gasteiger partial charge in [-0.3, -0.25) is 23.9 Å². The van der Waals surface area contributed by atoms with Crippen LogP contribution in [0.4, 0.5) is 27.8 Å². The summed E-state index contributed by atoms with van der Waals surface area (Å²) < 4.78 is 71.2. The van der Waals surface area contributed by atoms with E-state index in [1.165, 1.54) is 24.3 Å². The second-order valence-electron chi connectivity index (χ2n) is 9.07. The summed E-state index contributed by atoms with van der Waals surface area (Å²) in [6.45, 7) is -0.119. The molecule has 0 saturated carbocycles. The molecule has 41 heavy (non-hydrogen) atoms. The van der Waals surface area contributed by atoms with E-state index in [4.69, 9.17) is 11.6 Å². The minimum atomic E-state index is -5.02. The van der Waals surface area contributed by atoms with Gasteiger partial charge in [-0.25, -0.2) is 18.7 Å². The molecule has 4 aromatic rings. The van der Waals surface area contributed by atoms with Gasteiger partial charge in [-0.05, 0) is 18.2 Å². The number of carbonyl (C=O) groups is 2. The van der Waals surface area contributed by atoms with Gasteiger partial charge in [0.05, 0.1) is 30.7 Å². The quantitative estimate of drug-likeness (QED) is 0.340. The van der Waals surface area contributed by atoms with Gasteiger partial charge in [0.1, 0.15) is 17.2 Å². The Morgan fingerprint density at radius 3 is 2.51 bits per heavy atom. The number of nitrogens with one attached hydrogen (secondary N) is 1. The Hall–Kier alpha value is -4.43. The third-order valence-electron chi connectivity index (χ3n) is 6.30. The molecule has 0 radical (unpaired) electrons. The number of anilines is 1. The zero-order valence-corrected chi connectivity index (χ0v) is 21.2. The number of alkyl halides is 3. The normalized spacial score (nSPS) is 16.3. The second kappa shape index (κ2) is 10.5. The minimum absolute atomic E-state index is 0.0391. The lowest BCUT2D eigenvalue weighted by atomic mass is 10.1. The fourth-order valence-electron chi connectivity index (χ4n) is 4.42. The first-order chi connectivity index (χ1) is 19.3. The largest absolute Gasteiger partial charge is 0.412 e. The summed E-state index contributed by atoms with van der Waals surface area (Å²) in [5.41, 5.74) is -2.73. The van der Waals surface area contributed by atoms with E-state index < -0.39 is 64.1 Å². The number of benzene rings is 1. The van der Waals surface area contributed by atoms with Crippen molar-refractivity contribution in [2.75, 3.05) is 11.4 Å². The lowest BCUT2D eigenvalue weighted by Gasteiger charge is -2.23. The Bertz CT molecular complexity index is 1760. The van der Waals surface area contributed by atoms with Crippen molar-refractivity contribution in [3.05, 3.63) is 92.9 Å². The molecule has 4 heterocycles. The zero-order chi connectivity index (χ0) is 29.6. The number of amides is 2. The SMILES string of the molecule is O=C(NC(c1ccccc1Cl)C(F)(F)F)c1cn(-c2ncc(F)cc2F)c2nc(N3C[C@@H](O)CC3=O)ccc2c1=O. The van der Waals surface area contributed by atoms with Crippen LogP contribution in [0.15, 0.2) is 59.7 Å². The Balaban J connectivity index is 1.68. The Kier molecular flexibility index (Phi) is 7.21. The molecule has 2 amide bonds. The molecule has 1 saturated heterocycles. The average Bonchev–Trinajstić information content (AvgIpc) is 3.25. The lowest BCUT2D eigenvalue weighted by Crippen LogP contribution is -2.40. The highest BCUT2D eigenvalue weighted by Crippen LogP contribution is 2.36. The van der Waals surface area contributed by atoms with E-state index >= 15 is 0 Å². The van der Waals surface area contributed by atoms with Crippen molar-refractivity contribution in [1.29, 1.82) is 0 Å². The lowest BCUT2D eigenvalue weighted by molar-refractivity contribution is -0.155. The zero-order valence-electron chi connectivity index (χ0n) is 20.5. The number of fused-ring (bicyclic) bond motifs is 1. The number of pyridine rings is 3. The summed E-state index contributed by atoms with van der Waals surface area (Å²) in [5.74, 6) is -4.93. The number of nitrogens with zero attached hydrogens (tertiary/aromatic N) is 4. The first kappa shape index (κ1) is 28.1. The number of aliphatic hydroxyl groups excluding tert-OH is 1. The van der Waals surface area contributed by atoms with E-state index in [9.17, 15) is 41.4 Å². The molecule has 1 aliphatic rings. The van der Waals surface area contributed by atoms with Crippen LogP contribution in [0.2, 0.25) is 5.02 Å². The number of hydrogen-bond donors (Lipinski definition) is 2. The molecule has 1 aromatic carbocycles. The monoisotopic (exact) mass is 593 g/mol. The summed E-state index contributed by atoms with van der Waals surface area (Å²) in [5, 5.41) is 11.0. The maximum Gasteiger partial charge on any atom is 0.412 e. The van der Waals surface area contributed by atoms with E-state index in [-0.39, 0.29) is 34.8 Å². The number of carbonyl (C=O) groups excluding carboxylic acids is 2.